The first kappa shape index (κ1) is 19.2. The number of hydrogen-bond donors (Lipinski definition) is 1. The maximum Gasteiger partial charge on any atom is 0.247 e. The average molecular weight is 382 g/mol. The molecule has 140 valence electrons. The van der Waals surface area contributed by atoms with Gasteiger partial charge in [0.2, 0.25) is 17.7 Å². The highest BCUT2D eigenvalue weighted by molar-refractivity contribution is 7.98. The summed E-state index contributed by atoms with van der Waals surface area (Å²) in [5.41, 5.74) is 3.46. The molecule has 0 radical (unpaired) electrons. The quantitative estimate of drug-likeness (QED) is 0.567. The molecule has 0 atom stereocenters. The Labute approximate surface area is 163 Å². The Morgan fingerprint density at radius 1 is 1.07 bits per heavy atom. The van der Waals surface area contributed by atoms with Gasteiger partial charge in [-0.3, -0.25) is 4.79 Å². The molecule has 0 bridgehead atoms. The monoisotopic (exact) mass is 381 g/mol. The summed E-state index contributed by atoms with van der Waals surface area (Å²) in [6.45, 7) is 2.75. The van der Waals surface area contributed by atoms with E-state index in [1.165, 1.54) is 11.1 Å². The molecule has 3 aromatic rings. The molecular formula is C21H23N3O2S. The lowest BCUT2D eigenvalue weighted by molar-refractivity contribution is -0.121. The zero-order chi connectivity index (χ0) is 18.9. The van der Waals surface area contributed by atoms with Gasteiger partial charge in [-0.05, 0) is 24.6 Å². The van der Waals surface area contributed by atoms with Gasteiger partial charge in [0.25, 0.3) is 0 Å². The molecule has 0 aliphatic rings. The van der Waals surface area contributed by atoms with Crippen LogP contribution in [0.2, 0.25) is 0 Å². The van der Waals surface area contributed by atoms with Crippen LogP contribution in [0.1, 0.15) is 23.4 Å². The summed E-state index contributed by atoms with van der Waals surface area (Å²) in [7, 11) is 0. The lowest BCUT2D eigenvalue weighted by atomic mass is 10.2. The topological polar surface area (TPSA) is 68.0 Å². The maximum absolute atomic E-state index is 12.0. The number of carbonyl (C=O) groups excluding carboxylic acids is 1. The summed E-state index contributed by atoms with van der Waals surface area (Å²) >= 11 is 1.81. The molecule has 0 unspecified atom stereocenters. The van der Waals surface area contributed by atoms with E-state index in [0.717, 1.165) is 17.1 Å². The first-order valence-corrected chi connectivity index (χ1v) is 10.1. The van der Waals surface area contributed by atoms with Crippen molar-refractivity contribution in [2.24, 2.45) is 0 Å². The van der Waals surface area contributed by atoms with E-state index in [1.807, 2.05) is 42.1 Å². The SMILES string of the molecule is Cc1ccc(CSCCNC(=O)CCc2nnc(-c3ccccc3)o2)cc1. The highest BCUT2D eigenvalue weighted by atomic mass is 32.2. The molecule has 3 rings (SSSR count). The Kier molecular flexibility index (Phi) is 7.04. The van der Waals surface area contributed by atoms with Gasteiger partial charge in [0, 0.05) is 36.5 Å². The number of aromatic nitrogens is 2. The molecule has 0 saturated heterocycles. The number of nitrogens with zero attached hydrogens (tertiary/aromatic N) is 2. The van der Waals surface area contributed by atoms with E-state index in [4.69, 9.17) is 4.42 Å². The molecule has 0 aliphatic heterocycles. The van der Waals surface area contributed by atoms with E-state index < -0.39 is 0 Å². The molecule has 0 spiro atoms. The molecule has 1 amide bonds. The first-order valence-electron chi connectivity index (χ1n) is 8.98. The third-order valence-electron chi connectivity index (χ3n) is 4.01. The Bertz CT molecular complexity index is 847. The van der Waals surface area contributed by atoms with Crippen LogP contribution >= 0.6 is 11.8 Å². The molecule has 2 aromatic carbocycles. The van der Waals surface area contributed by atoms with Gasteiger partial charge in [0.1, 0.15) is 0 Å². The van der Waals surface area contributed by atoms with Gasteiger partial charge in [-0.2, -0.15) is 11.8 Å². The van der Waals surface area contributed by atoms with Crippen LogP contribution in [0, 0.1) is 6.92 Å². The molecule has 0 fully saturated rings. The van der Waals surface area contributed by atoms with Gasteiger partial charge >= 0.3 is 0 Å². The minimum Gasteiger partial charge on any atom is -0.421 e. The van der Waals surface area contributed by atoms with E-state index in [1.54, 1.807) is 0 Å². The normalized spacial score (nSPS) is 10.7. The second kappa shape index (κ2) is 9.92. The predicted octanol–water partition coefficient (Wildman–Crippen LogP) is 4.03. The number of amides is 1. The summed E-state index contributed by atoms with van der Waals surface area (Å²) < 4.78 is 5.61. The van der Waals surface area contributed by atoms with Crippen molar-refractivity contribution in [2.75, 3.05) is 12.3 Å². The largest absolute Gasteiger partial charge is 0.421 e. The van der Waals surface area contributed by atoms with Gasteiger partial charge in [-0.1, -0.05) is 48.0 Å². The fourth-order valence-electron chi connectivity index (χ4n) is 2.50. The van der Waals surface area contributed by atoms with Crippen molar-refractivity contribution in [3.63, 3.8) is 0 Å². The lowest BCUT2D eigenvalue weighted by Gasteiger charge is -2.05. The van der Waals surface area contributed by atoms with Gasteiger partial charge in [0.15, 0.2) is 0 Å². The highest BCUT2D eigenvalue weighted by Crippen LogP contribution is 2.17. The summed E-state index contributed by atoms with van der Waals surface area (Å²) in [6.07, 6.45) is 0.793. The molecule has 6 heteroatoms. The van der Waals surface area contributed by atoms with Crippen LogP contribution in [0.4, 0.5) is 0 Å². The number of thioether (sulfide) groups is 1. The third-order valence-corrected chi connectivity index (χ3v) is 5.04. The molecule has 5 nitrogen and oxygen atoms in total. The van der Waals surface area contributed by atoms with Crippen molar-refractivity contribution >= 4 is 17.7 Å². The van der Waals surface area contributed by atoms with Crippen molar-refractivity contribution in [1.29, 1.82) is 0 Å². The van der Waals surface area contributed by atoms with E-state index >= 15 is 0 Å². The van der Waals surface area contributed by atoms with Crippen LogP contribution < -0.4 is 5.32 Å². The van der Waals surface area contributed by atoms with E-state index in [0.29, 0.717) is 31.2 Å². The Morgan fingerprint density at radius 3 is 2.63 bits per heavy atom. The molecule has 0 saturated carbocycles. The third kappa shape index (κ3) is 6.25. The number of aryl methyl sites for hydroxylation is 2. The Morgan fingerprint density at radius 2 is 1.85 bits per heavy atom. The smallest absolute Gasteiger partial charge is 0.247 e. The van der Waals surface area contributed by atoms with E-state index in [2.05, 4.69) is 46.7 Å². The molecule has 1 aromatic heterocycles. The highest BCUT2D eigenvalue weighted by Gasteiger charge is 2.10. The van der Waals surface area contributed by atoms with Crippen molar-refractivity contribution in [1.82, 2.24) is 15.5 Å². The molecule has 27 heavy (non-hydrogen) atoms. The molecule has 0 aliphatic carbocycles. The maximum atomic E-state index is 12.0. The molecular weight excluding hydrogens is 358 g/mol. The zero-order valence-electron chi connectivity index (χ0n) is 15.4. The summed E-state index contributed by atoms with van der Waals surface area (Å²) in [6, 6.07) is 18.1. The Hall–Kier alpha value is -2.60. The molecule has 1 N–H and O–H groups in total. The average Bonchev–Trinajstić information content (AvgIpc) is 3.17. The minimum absolute atomic E-state index is 0.00500. The van der Waals surface area contributed by atoms with Crippen LogP contribution in [-0.4, -0.2) is 28.4 Å². The summed E-state index contributed by atoms with van der Waals surface area (Å²) in [4.78, 5) is 12.0. The van der Waals surface area contributed by atoms with Crippen molar-refractivity contribution in [2.45, 2.75) is 25.5 Å². The second-order valence-electron chi connectivity index (χ2n) is 6.26. The first-order chi connectivity index (χ1) is 13.2. The Balaban J connectivity index is 1.32. The fourth-order valence-corrected chi connectivity index (χ4v) is 3.32. The van der Waals surface area contributed by atoms with Gasteiger partial charge in [-0.15, -0.1) is 10.2 Å². The van der Waals surface area contributed by atoms with Crippen LogP contribution in [0.25, 0.3) is 11.5 Å². The summed E-state index contributed by atoms with van der Waals surface area (Å²) in [5.74, 6) is 2.82. The van der Waals surface area contributed by atoms with Crippen molar-refractivity contribution in [3.05, 3.63) is 71.6 Å². The number of rotatable bonds is 9. The van der Waals surface area contributed by atoms with E-state index in [-0.39, 0.29) is 5.91 Å². The van der Waals surface area contributed by atoms with Gasteiger partial charge in [-0.25, -0.2) is 0 Å². The van der Waals surface area contributed by atoms with Crippen molar-refractivity contribution in [3.8, 4) is 11.5 Å². The lowest BCUT2D eigenvalue weighted by Crippen LogP contribution is -2.25. The summed E-state index contributed by atoms with van der Waals surface area (Å²) in [5, 5.41) is 11.0. The second-order valence-corrected chi connectivity index (χ2v) is 7.36. The number of hydrogen-bond acceptors (Lipinski definition) is 5. The predicted molar refractivity (Wildman–Crippen MR) is 108 cm³/mol. The zero-order valence-corrected chi connectivity index (χ0v) is 16.2. The number of carbonyl (C=O) groups is 1. The van der Waals surface area contributed by atoms with Crippen LogP contribution in [0.5, 0.6) is 0 Å². The number of nitrogens with one attached hydrogen (secondary N) is 1. The van der Waals surface area contributed by atoms with Crippen LogP contribution in [0.3, 0.4) is 0 Å². The van der Waals surface area contributed by atoms with Crippen LogP contribution in [0.15, 0.2) is 59.0 Å². The van der Waals surface area contributed by atoms with Gasteiger partial charge in [0.05, 0.1) is 0 Å². The number of benzene rings is 2. The van der Waals surface area contributed by atoms with Crippen molar-refractivity contribution < 1.29 is 9.21 Å². The fraction of sp³-hybridized carbons (Fsp3) is 0.286. The minimum atomic E-state index is 0.00500. The molecule has 1 heterocycles. The van der Waals surface area contributed by atoms with Crippen LogP contribution in [-0.2, 0) is 17.0 Å². The van der Waals surface area contributed by atoms with E-state index in [9.17, 15) is 4.79 Å². The van der Waals surface area contributed by atoms with Gasteiger partial charge < -0.3 is 9.73 Å². The standard InChI is InChI=1S/C21H23N3O2S/c1-16-7-9-17(10-8-16)15-27-14-13-22-19(25)11-12-20-23-24-21(26-20)18-5-3-2-4-6-18/h2-10H,11-15H2,1H3,(H,22,25).